The van der Waals surface area contributed by atoms with Gasteiger partial charge in [-0.05, 0) is 41.0 Å². The summed E-state index contributed by atoms with van der Waals surface area (Å²) < 4.78 is 0. The normalized spacial score (nSPS) is 13.1. The second-order valence-corrected chi connectivity index (χ2v) is 7.95. The highest BCUT2D eigenvalue weighted by Gasteiger charge is 2.23. The molecule has 29 heavy (non-hydrogen) atoms. The van der Waals surface area contributed by atoms with E-state index in [1.165, 1.54) is 0 Å². The van der Waals surface area contributed by atoms with Gasteiger partial charge in [0.2, 0.25) is 5.91 Å². The van der Waals surface area contributed by atoms with Crippen molar-refractivity contribution < 1.29 is 9.90 Å². The third kappa shape index (κ3) is 3.98. The van der Waals surface area contributed by atoms with Crippen molar-refractivity contribution in [3.63, 3.8) is 0 Å². The Labute approximate surface area is 170 Å². The quantitative estimate of drug-likeness (QED) is 0.601. The van der Waals surface area contributed by atoms with Crippen LogP contribution in [0.25, 0.3) is 11.3 Å². The van der Waals surface area contributed by atoms with Gasteiger partial charge in [-0.15, -0.1) is 10.2 Å². The lowest BCUT2D eigenvalue weighted by atomic mass is 9.82. The molecule has 148 valence electrons. The molecule has 1 amide bonds. The van der Waals surface area contributed by atoms with Crippen molar-refractivity contribution in [2.45, 2.75) is 32.3 Å². The van der Waals surface area contributed by atoms with Crippen LogP contribution in [0.1, 0.15) is 30.5 Å². The first-order valence-electron chi connectivity index (χ1n) is 9.66. The van der Waals surface area contributed by atoms with E-state index < -0.39 is 0 Å². The van der Waals surface area contributed by atoms with Crippen molar-refractivity contribution >= 4 is 17.4 Å². The number of rotatable bonds is 6. The van der Waals surface area contributed by atoms with E-state index in [-0.39, 0.29) is 17.9 Å². The molecule has 0 atom stereocenters. The van der Waals surface area contributed by atoms with E-state index in [9.17, 15) is 9.90 Å². The minimum atomic E-state index is -0.181. The first-order valence-corrected chi connectivity index (χ1v) is 9.66. The average molecular weight is 388 g/mol. The zero-order chi connectivity index (χ0) is 20.4. The molecule has 3 aromatic rings. The number of aliphatic hydroxyl groups excluding tert-OH is 1. The Morgan fingerprint density at radius 1 is 1.10 bits per heavy atom. The fourth-order valence-electron chi connectivity index (χ4n) is 3.69. The van der Waals surface area contributed by atoms with Crippen molar-refractivity contribution in [2.75, 3.05) is 17.2 Å². The number of anilines is 2. The van der Waals surface area contributed by atoms with Crippen molar-refractivity contribution in [3.05, 3.63) is 71.3 Å². The highest BCUT2D eigenvalue weighted by Crippen LogP contribution is 2.29. The highest BCUT2D eigenvalue weighted by molar-refractivity contribution is 5.99. The number of aliphatic hydroxyl groups is 1. The zero-order valence-electron chi connectivity index (χ0n) is 16.6. The minimum Gasteiger partial charge on any atom is -0.392 e. The van der Waals surface area contributed by atoms with Crippen molar-refractivity contribution in [1.82, 2.24) is 10.2 Å². The molecule has 1 aromatic heterocycles. The Kier molecular flexibility index (Phi) is 5.03. The van der Waals surface area contributed by atoms with E-state index in [4.69, 9.17) is 0 Å². The van der Waals surface area contributed by atoms with Gasteiger partial charge in [-0.2, -0.15) is 0 Å². The summed E-state index contributed by atoms with van der Waals surface area (Å²) in [4.78, 5) is 11.5. The van der Waals surface area contributed by atoms with Gasteiger partial charge in [-0.25, -0.2) is 0 Å². The Bertz CT molecular complexity index is 1040. The van der Waals surface area contributed by atoms with Crippen LogP contribution in [0.15, 0.2) is 54.6 Å². The number of benzene rings is 2. The molecule has 6 nitrogen and oxygen atoms in total. The molecule has 0 saturated carbocycles. The molecule has 0 bridgehead atoms. The Balaban J connectivity index is 1.46. The van der Waals surface area contributed by atoms with Gasteiger partial charge in [0.25, 0.3) is 0 Å². The van der Waals surface area contributed by atoms with Crippen LogP contribution in [0.4, 0.5) is 11.5 Å². The van der Waals surface area contributed by atoms with Crippen molar-refractivity contribution in [1.29, 1.82) is 0 Å². The van der Waals surface area contributed by atoms with Crippen LogP contribution in [0, 0.1) is 0 Å². The molecule has 0 spiro atoms. The molecule has 3 N–H and O–H groups in total. The van der Waals surface area contributed by atoms with E-state index in [2.05, 4.69) is 40.7 Å². The van der Waals surface area contributed by atoms with Crippen molar-refractivity contribution in [3.8, 4) is 11.3 Å². The van der Waals surface area contributed by atoms with Crippen LogP contribution < -0.4 is 10.6 Å². The summed E-state index contributed by atoms with van der Waals surface area (Å²) in [6.45, 7) is 4.95. The summed E-state index contributed by atoms with van der Waals surface area (Å²) in [7, 11) is 0. The van der Waals surface area contributed by atoms with E-state index in [0.717, 1.165) is 33.6 Å². The van der Waals surface area contributed by atoms with Crippen LogP contribution in [-0.4, -0.2) is 27.8 Å². The maximum absolute atomic E-state index is 11.5. The second kappa shape index (κ2) is 7.64. The van der Waals surface area contributed by atoms with E-state index >= 15 is 0 Å². The van der Waals surface area contributed by atoms with Crippen LogP contribution in [0.5, 0.6) is 0 Å². The summed E-state index contributed by atoms with van der Waals surface area (Å²) in [6, 6.07) is 17.6. The molecule has 0 unspecified atom stereocenters. The molecule has 0 fully saturated rings. The fraction of sp³-hybridized carbons (Fsp3) is 0.261. The van der Waals surface area contributed by atoms with Crippen LogP contribution in [0.2, 0.25) is 0 Å². The predicted octanol–water partition coefficient (Wildman–Crippen LogP) is 3.52. The second-order valence-electron chi connectivity index (χ2n) is 7.95. The molecule has 4 rings (SSSR count). The molecule has 0 aliphatic carbocycles. The molecule has 0 radical (unpaired) electrons. The third-order valence-corrected chi connectivity index (χ3v) is 5.32. The smallest absolute Gasteiger partial charge is 0.228 e. The maximum Gasteiger partial charge on any atom is 0.228 e. The first-order chi connectivity index (χ1) is 14.0. The fourth-order valence-corrected chi connectivity index (χ4v) is 3.69. The number of aromatic nitrogens is 2. The molecular weight excluding hydrogens is 364 g/mol. The van der Waals surface area contributed by atoms with Gasteiger partial charge >= 0.3 is 0 Å². The number of carbonyl (C=O) groups is 1. The minimum absolute atomic E-state index is 0.0215. The Morgan fingerprint density at radius 3 is 2.69 bits per heavy atom. The van der Waals surface area contributed by atoms with Gasteiger partial charge in [0, 0.05) is 23.2 Å². The number of hydrogen-bond donors (Lipinski definition) is 3. The molecule has 6 heteroatoms. The summed E-state index contributed by atoms with van der Waals surface area (Å²) >= 11 is 0. The lowest BCUT2D eigenvalue weighted by Crippen LogP contribution is -2.29. The number of carbonyl (C=O) groups excluding carboxylic acids is 1. The van der Waals surface area contributed by atoms with Gasteiger partial charge in [0.05, 0.1) is 18.7 Å². The lowest BCUT2D eigenvalue weighted by molar-refractivity contribution is -0.115. The SMILES string of the molecule is CC(C)(CNc1ccc(-c2ccc3c(c2)CC(=O)N3)nn1)c1ccccc1CO. The maximum atomic E-state index is 11.5. The van der Waals surface area contributed by atoms with Crippen LogP contribution >= 0.6 is 0 Å². The van der Waals surface area contributed by atoms with E-state index in [0.29, 0.717) is 18.8 Å². The first kappa shape index (κ1) is 19.1. The Hall–Kier alpha value is -3.25. The van der Waals surface area contributed by atoms with Gasteiger partial charge < -0.3 is 15.7 Å². The van der Waals surface area contributed by atoms with Crippen molar-refractivity contribution in [2.24, 2.45) is 0 Å². The van der Waals surface area contributed by atoms with Gasteiger partial charge in [-0.1, -0.05) is 44.2 Å². The van der Waals surface area contributed by atoms with Crippen LogP contribution in [0.3, 0.4) is 0 Å². The van der Waals surface area contributed by atoms with Crippen LogP contribution in [-0.2, 0) is 23.2 Å². The summed E-state index contributed by atoms with van der Waals surface area (Å²) in [5.41, 5.74) is 5.43. The third-order valence-electron chi connectivity index (χ3n) is 5.32. The molecule has 0 saturated heterocycles. The largest absolute Gasteiger partial charge is 0.392 e. The monoisotopic (exact) mass is 388 g/mol. The predicted molar refractivity (Wildman–Crippen MR) is 114 cm³/mol. The standard InChI is InChI=1S/C23H24N4O2/c1-23(2,18-6-4-3-5-16(18)13-28)14-24-21-10-9-20(26-27-21)15-7-8-19-17(11-15)12-22(29)25-19/h3-11,28H,12-14H2,1-2H3,(H,24,27)(H,25,29). The number of nitrogens with one attached hydrogen (secondary N) is 2. The summed E-state index contributed by atoms with van der Waals surface area (Å²) in [6.07, 6.45) is 0.403. The number of fused-ring (bicyclic) bond motifs is 1. The molecule has 1 aliphatic heterocycles. The average Bonchev–Trinajstić information content (AvgIpc) is 3.12. The molecule has 2 aromatic carbocycles. The summed E-state index contributed by atoms with van der Waals surface area (Å²) in [5.74, 6) is 0.717. The highest BCUT2D eigenvalue weighted by atomic mass is 16.3. The van der Waals surface area contributed by atoms with E-state index in [1.807, 2.05) is 48.5 Å². The lowest BCUT2D eigenvalue weighted by Gasteiger charge is -2.28. The van der Waals surface area contributed by atoms with Gasteiger partial charge in [0.15, 0.2) is 0 Å². The molecule has 1 aliphatic rings. The molecular formula is C23H24N4O2. The zero-order valence-corrected chi connectivity index (χ0v) is 16.6. The summed E-state index contributed by atoms with van der Waals surface area (Å²) in [5, 5.41) is 24.5. The number of hydrogen-bond acceptors (Lipinski definition) is 5. The van der Waals surface area contributed by atoms with Gasteiger partial charge in [0.1, 0.15) is 5.82 Å². The van der Waals surface area contributed by atoms with Gasteiger partial charge in [-0.3, -0.25) is 4.79 Å². The van der Waals surface area contributed by atoms with E-state index in [1.54, 1.807) is 0 Å². The topological polar surface area (TPSA) is 87.1 Å². The number of amides is 1. The molecule has 2 heterocycles. The number of nitrogens with zero attached hydrogens (tertiary/aromatic N) is 2. The Morgan fingerprint density at radius 2 is 1.93 bits per heavy atom.